The van der Waals surface area contributed by atoms with Gasteiger partial charge >= 0.3 is 6.09 Å². The Morgan fingerprint density at radius 1 is 1.07 bits per heavy atom. The second-order valence-electron chi connectivity index (χ2n) is 11.1. The number of anilines is 1. The molecule has 0 N–H and O–H groups in total. The number of likely N-dealkylation sites (tertiary alicyclic amines) is 1. The lowest BCUT2D eigenvalue weighted by atomic mass is 9.84. The van der Waals surface area contributed by atoms with Gasteiger partial charge in [-0.1, -0.05) is 6.07 Å². The molecule has 2 fully saturated rings. The van der Waals surface area contributed by atoms with E-state index in [1.807, 2.05) is 23.0 Å². The van der Waals surface area contributed by atoms with Crippen molar-refractivity contribution in [1.82, 2.24) is 24.4 Å². The first-order valence-electron chi connectivity index (χ1n) is 14.4. The first-order valence-corrected chi connectivity index (χ1v) is 14.4. The monoisotopic (exact) mass is 552 g/mol. The predicted molar refractivity (Wildman–Crippen MR) is 153 cm³/mol. The van der Waals surface area contributed by atoms with E-state index < -0.39 is 12.3 Å². The van der Waals surface area contributed by atoms with Gasteiger partial charge in [-0.3, -0.25) is 4.98 Å². The average Bonchev–Trinajstić information content (AvgIpc) is 3.41. The first kappa shape index (κ1) is 28.3. The number of rotatable bonds is 8. The Morgan fingerprint density at radius 3 is 2.45 bits per heavy atom. The fourth-order valence-electron chi connectivity index (χ4n) is 5.84. The van der Waals surface area contributed by atoms with Crippen molar-refractivity contribution in [2.24, 2.45) is 0 Å². The third-order valence-corrected chi connectivity index (χ3v) is 8.14. The topological polar surface area (TPSA) is 75.4 Å². The third-order valence-electron chi connectivity index (χ3n) is 8.14. The molecule has 0 saturated carbocycles. The Morgan fingerprint density at radius 2 is 1.82 bits per heavy atom. The molecule has 9 nitrogen and oxygen atoms in total. The summed E-state index contributed by atoms with van der Waals surface area (Å²) in [4.78, 5) is 23.5. The number of nitrogens with zero attached hydrogens (tertiary/aromatic N) is 6. The summed E-state index contributed by atoms with van der Waals surface area (Å²) >= 11 is 0. The molecule has 0 bridgehead atoms. The number of fused-ring (bicyclic) bond motifs is 1. The van der Waals surface area contributed by atoms with Crippen molar-refractivity contribution in [3.05, 3.63) is 48.4 Å². The molecule has 2 aliphatic rings. The Hall–Kier alpha value is -3.24. The van der Waals surface area contributed by atoms with Crippen molar-refractivity contribution in [3.63, 3.8) is 0 Å². The van der Waals surface area contributed by atoms with Crippen LogP contribution < -0.4 is 4.90 Å². The van der Waals surface area contributed by atoms with E-state index in [4.69, 9.17) is 14.5 Å². The van der Waals surface area contributed by atoms with Crippen molar-refractivity contribution in [1.29, 1.82) is 0 Å². The van der Waals surface area contributed by atoms with E-state index in [0.717, 1.165) is 54.0 Å². The third kappa shape index (κ3) is 5.93. The number of carbonyl (C=O) groups excluding carboxylic acids is 1. The van der Waals surface area contributed by atoms with Crippen LogP contribution in [0.25, 0.3) is 16.8 Å². The molecule has 0 aromatic carbocycles. The van der Waals surface area contributed by atoms with E-state index >= 15 is 0 Å². The molecule has 1 atom stereocenters. The molecular formula is C30H41FN6O3. The van der Waals surface area contributed by atoms with E-state index in [1.54, 1.807) is 11.1 Å². The van der Waals surface area contributed by atoms with Crippen molar-refractivity contribution in [3.8, 4) is 11.3 Å². The number of hydrogen-bond donors (Lipinski definition) is 0. The van der Waals surface area contributed by atoms with Gasteiger partial charge in [0.15, 0.2) is 0 Å². The number of carbonyl (C=O) groups is 1. The van der Waals surface area contributed by atoms with E-state index in [9.17, 15) is 9.18 Å². The average molecular weight is 553 g/mol. The summed E-state index contributed by atoms with van der Waals surface area (Å²) in [5.74, 6) is 0. The number of amides is 1. The zero-order valence-corrected chi connectivity index (χ0v) is 24.1. The molecule has 216 valence electrons. The normalized spacial score (nSPS) is 18.9. The maximum Gasteiger partial charge on any atom is 0.409 e. The van der Waals surface area contributed by atoms with Crippen molar-refractivity contribution < 1.29 is 18.7 Å². The zero-order chi connectivity index (χ0) is 28.3. The fourth-order valence-corrected chi connectivity index (χ4v) is 5.84. The lowest BCUT2D eigenvalue weighted by molar-refractivity contribution is -0.0888. The smallest absolute Gasteiger partial charge is 0.409 e. The Kier molecular flexibility index (Phi) is 8.56. The van der Waals surface area contributed by atoms with E-state index in [0.29, 0.717) is 38.8 Å². The molecule has 0 aliphatic carbocycles. The highest BCUT2D eigenvalue weighted by Gasteiger charge is 2.37. The molecule has 40 heavy (non-hydrogen) atoms. The summed E-state index contributed by atoms with van der Waals surface area (Å²) in [5.41, 5.74) is 4.77. The number of hydrogen-bond acceptors (Lipinski definition) is 7. The van der Waals surface area contributed by atoms with Gasteiger partial charge < -0.3 is 24.2 Å². The van der Waals surface area contributed by atoms with Crippen molar-refractivity contribution in [2.75, 3.05) is 57.4 Å². The molecule has 2 aliphatic heterocycles. The zero-order valence-electron chi connectivity index (χ0n) is 24.1. The van der Waals surface area contributed by atoms with Crippen LogP contribution in [0.2, 0.25) is 0 Å². The SMILES string of the molecule is CCOC1(c2ccc(-c3cc4c(N5CCN(C(=O)OC[C@H](C)F)CC5)ccnn4c3)nc2)CCN(C(C)C)CC1. The summed E-state index contributed by atoms with van der Waals surface area (Å²) in [5, 5.41) is 4.53. The van der Waals surface area contributed by atoms with E-state index in [-0.39, 0.29) is 12.2 Å². The largest absolute Gasteiger partial charge is 0.446 e. The minimum absolute atomic E-state index is 0.213. The molecule has 5 rings (SSSR count). The van der Waals surface area contributed by atoms with Crippen molar-refractivity contribution >= 4 is 17.3 Å². The Bertz CT molecular complexity index is 1280. The minimum Gasteiger partial charge on any atom is -0.446 e. The van der Waals surface area contributed by atoms with Gasteiger partial charge in [0.1, 0.15) is 12.8 Å². The summed E-state index contributed by atoms with van der Waals surface area (Å²) in [6, 6.07) is 8.92. The molecule has 10 heteroatoms. The number of piperazine rings is 1. The van der Waals surface area contributed by atoms with Crippen LogP contribution in [-0.2, 0) is 15.1 Å². The van der Waals surface area contributed by atoms with Gasteiger partial charge in [-0.05, 0) is 58.7 Å². The van der Waals surface area contributed by atoms with Gasteiger partial charge in [-0.25, -0.2) is 13.7 Å². The number of piperidine rings is 1. The predicted octanol–water partition coefficient (Wildman–Crippen LogP) is 4.75. The van der Waals surface area contributed by atoms with E-state index in [2.05, 4.69) is 53.9 Å². The highest BCUT2D eigenvalue weighted by Crippen LogP contribution is 2.38. The first-order chi connectivity index (χ1) is 19.3. The van der Waals surface area contributed by atoms with Crippen LogP contribution >= 0.6 is 0 Å². The van der Waals surface area contributed by atoms with Crippen LogP contribution in [0, 0.1) is 0 Å². The second kappa shape index (κ2) is 12.1. The maximum absolute atomic E-state index is 13.1. The molecule has 1 amide bonds. The van der Waals surface area contributed by atoms with Crippen LogP contribution in [-0.4, -0.2) is 95.2 Å². The minimum atomic E-state index is -1.17. The number of pyridine rings is 1. The van der Waals surface area contributed by atoms with Crippen LogP contribution in [0.1, 0.15) is 46.1 Å². The maximum atomic E-state index is 13.1. The van der Waals surface area contributed by atoms with Crippen LogP contribution in [0.15, 0.2) is 42.9 Å². The Balaban J connectivity index is 1.30. The highest BCUT2D eigenvalue weighted by molar-refractivity contribution is 5.79. The van der Waals surface area contributed by atoms with Gasteiger partial charge in [0, 0.05) is 81.6 Å². The molecular weight excluding hydrogens is 511 g/mol. The lowest BCUT2D eigenvalue weighted by Gasteiger charge is -2.43. The van der Waals surface area contributed by atoms with Crippen LogP contribution in [0.3, 0.4) is 0 Å². The van der Waals surface area contributed by atoms with Gasteiger partial charge in [0.05, 0.1) is 22.5 Å². The molecule has 2 saturated heterocycles. The fraction of sp³-hybridized carbons (Fsp3) is 0.567. The standard InChI is InChI=1S/C30H41FN6O3/c1-5-40-30(9-12-34(13-10-30)22(2)3)25-6-7-26(32-19-25)24-18-28-27(8-11-33-37(28)20-24)35-14-16-36(17-15-35)29(38)39-21-23(4)31/h6-8,11,18-20,22-23H,5,9-10,12-17,21H2,1-4H3/t23-/m0/s1. The molecule has 0 spiro atoms. The Labute approximate surface area is 235 Å². The quantitative estimate of drug-likeness (QED) is 0.399. The van der Waals surface area contributed by atoms with Gasteiger partial charge in [0.2, 0.25) is 0 Å². The number of ether oxygens (including phenoxy) is 2. The van der Waals surface area contributed by atoms with E-state index in [1.165, 1.54) is 6.92 Å². The van der Waals surface area contributed by atoms with Crippen LogP contribution in [0.5, 0.6) is 0 Å². The summed E-state index contributed by atoms with van der Waals surface area (Å²) in [7, 11) is 0. The molecule has 3 aromatic heterocycles. The molecule has 0 radical (unpaired) electrons. The number of aromatic nitrogens is 3. The summed E-state index contributed by atoms with van der Waals surface area (Å²) in [6.45, 7) is 12.8. The second-order valence-corrected chi connectivity index (χ2v) is 11.1. The molecule has 0 unspecified atom stereocenters. The van der Waals surface area contributed by atoms with Gasteiger partial charge in [0.25, 0.3) is 0 Å². The van der Waals surface area contributed by atoms with Gasteiger partial charge in [-0.15, -0.1) is 0 Å². The highest BCUT2D eigenvalue weighted by atomic mass is 19.1. The van der Waals surface area contributed by atoms with Crippen molar-refractivity contribution in [2.45, 2.75) is 58.4 Å². The van der Waals surface area contributed by atoms with Crippen LogP contribution in [0.4, 0.5) is 14.9 Å². The van der Waals surface area contributed by atoms with Gasteiger partial charge in [-0.2, -0.15) is 5.10 Å². The summed E-state index contributed by atoms with van der Waals surface area (Å²) in [6.07, 6.45) is 6.08. The number of halogens is 1. The molecule has 5 heterocycles. The number of alkyl halides is 1. The lowest BCUT2D eigenvalue weighted by Crippen LogP contribution is -2.49. The summed E-state index contributed by atoms with van der Waals surface area (Å²) < 4.78 is 26.4. The molecule has 3 aromatic rings.